The fourth-order valence-electron chi connectivity index (χ4n) is 1.01. The van der Waals surface area contributed by atoms with Crippen LogP contribution >= 0.6 is 0 Å². The monoisotopic (exact) mass is 232 g/mol. The maximum Gasteiger partial charge on any atom is 0.359 e. The van der Waals surface area contributed by atoms with Crippen LogP contribution in [-0.2, 0) is 4.74 Å². The molecule has 1 aromatic rings. The van der Waals surface area contributed by atoms with Crippen LogP contribution in [0, 0.1) is 0 Å². The summed E-state index contributed by atoms with van der Waals surface area (Å²) in [7, 11) is 1.27. The van der Waals surface area contributed by atoms with Gasteiger partial charge in [0.1, 0.15) is 0 Å². The third-order valence-electron chi connectivity index (χ3n) is 1.71. The van der Waals surface area contributed by atoms with E-state index in [1.165, 1.54) is 7.11 Å². The molecule has 0 spiro atoms. The molecule has 0 aliphatic rings. The van der Waals surface area contributed by atoms with Crippen molar-refractivity contribution in [3.05, 3.63) is 17.3 Å². The number of halogens is 2. The van der Waals surface area contributed by atoms with Crippen LogP contribution in [0.3, 0.4) is 0 Å². The Labute approximate surface area is 90.4 Å². The summed E-state index contributed by atoms with van der Waals surface area (Å²) in [6.45, 7) is 1.64. The highest BCUT2D eigenvalue weighted by Crippen LogP contribution is 2.24. The van der Waals surface area contributed by atoms with Crippen LogP contribution in [0.4, 0.5) is 8.78 Å². The molecule has 0 aliphatic heterocycles. The number of methoxy groups -OCH3 is 1. The topological polar surface area (TPSA) is 61.3 Å². The predicted octanol–water partition coefficient (Wildman–Crippen LogP) is 1.60. The second-order valence-corrected chi connectivity index (χ2v) is 2.71. The molecule has 0 aliphatic carbocycles. The van der Waals surface area contributed by atoms with Gasteiger partial charge in [0.05, 0.1) is 19.3 Å². The van der Waals surface area contributed by atoms with Crippen LogP contribution in [0.2, 0.25) is 0 Å². The minimum absolute atomic E-state index is 0.0786. The zero-order valence-electron chi connectivity index (χ0n) is 8.74. The first-order valence-corrected chi connectivity index (χ1v) is 4.47. The number of nitrogens with zero attached hydrogens (tertiary/aromatic N) is 2. The van der Waals surface area contributed by atoms with Gasteiger partial charge in [-0.2, -0.15) is 0 Å². The number of rotatable bonds is 4. The predicted molar refractivity (Wildman–Crippen MR) is 49.5 cm³/mol. The van der Waals surface area contributed by atoms with Crippen LogP contribution < -0.4 is 4.74 Å². The van der Waals surface area contributed by atoms with E-state index in [2.05, 4.69) is 19.7 Å². The molecule has 88 valence electrons. The lowest BCUT2D eigenvalue weighted by Crippen LogP contribution is -2.12. The Balaban J connectivity index is 3.12. The summed E-state index contributed by atoms with van der Waals surface area (Å²) in [5.41, 5.74) is -1.04. The molecule has 1 heterocycles. The van der Waals surface area contributed by atoms with E-state index in [0.29, 0.717) is 0 Å². The first kappa shape index (κ1) is 12.3. The van der Waals surface area contributed by atoms with Gasteiger partial charge in [-0.15, -0.1) is 10.2 Å². The quantitative estimate of drug-likeness (QED) is 0.738. The highest BCUT2D eigenvalue weighted by molar-refractivity contribution is 5.88. The lowest BCUT2D eigenvalue weighted by atomic mass is 10.2. The summed E-state index contributed by atoms with van der Waals surface area (Å²) in [5, 5.41) is 6.80. The van der Waals surface area contributed by atoms with Crippen molar-refractivity contribution in [1.29, 1.82) is 0 Å². The molecule has 0 unspecified atom stereocenters. The number of carbonyl (C=O) groups excluding carboxylic acids is 1. The summed E-state index contributed by atoms with van der Waals surface area (Å²) in [5.74, 6) is -1.00. The third-order valence-corrected chi connectivity index (χ3v) is 1.71. The Morgan fingerprint density at radius 2 is 2.19 bits per heavy atom. The lowest BCUT2D eigenvalue weighted by Gasteiger charge is -2.07. The molecule has 0 aromatic carbocycles. The molecule has 0 bridgehead atoms. The van der Waals surface area contributed by atoms with E-state index in [1.54, 1.807) is 6.92 Å². The molecule has 0 saturated heterocycles. The van der Waals surface area contributed by atoms with Gasteiger partial charge in [0.2, 0.25) is 5.88 Å². The van der Waals surface area contributed by atoms with E-state index in [0.717, 1.165) is 6.07 Å². The van der Waals surface area contributed by atoms with Crippen molar-refractivity contribution >= 4 is 5.97 Å². The van der Waals surface area contributed by atoms with Gasteiger partial charge in [-0.25, -0.2) is 13.6 Å². The van der Waals surface area contributed by atoms with Gasteiger partial charge in [0.25, 0.3) is 6.43 Å². The Bertz CT molecular complexity index is 385. The fourth-order valence-corrected chi connectivity index (χ4v) is 1.01. The standard InChI is InChI=1S/C9H10F2N2O3/c1-3-16-9(14)7-5(8(10)11)4-6(15-2)12-13-7/h4,8H,3H2,1-2H3. The molecular formula is C9H10F2N2O3. The van der Waals surface area contributed by atoms with Crippen LogP contribution in [0.15, 0.2) is 6.07 Å². The van der Waals surface area contributed by atoms with Crippen LogP contribution in [0.1, 0.15) is 29.4 Å². The van der Waals surface area contributed by atoms with E-state index >= 15 is 0 Å². The molecule has 0 saturated carbocycles. The number of hydrogen-bond acceptors (Lipinski definition) is 5. The molecule has 5 nitrogen and oxygen atoms in total. The minimum atomic E-state index is -2.84. The summed E-state index contributed by atoms with van der Waals surface area (Å²) in [6, 6.07) is 0.962. The molecule has 0 atom stereocenters. The summed E-state index contributed by atoms with van der Waals surface area (Å²) >= 11 is 0. The number of carbonyl (C=O) groups is 1. The van der Waals surface area contributed by atoms with Crippen molar-refractivity contribution in [3.63, 3.8) is 0 Å². The van der Waals surface area contributed by atoms with E-state index in [1.807, 2.05) is 0 Å². The van der Waals surface area contributed by atoms with Crippen molar-refractivity contribution in [3.8, 4) is 5.88 Å². The SMILES string of the molecule is CCOC(=O)c1nnc(OC)cc1C(F)F. The number of ether oxygens (including phenoxy) is 2. The van der Waals surface area contributed by atoms with Crippen LogP contribution in [0.5, 0.6) is 5.88 Å². The molecule has 0 radical (unpaired) electrons. The Kier molecular flexibility index (Phi) is 4.10. The second-order valence-electron chi connectivity index (χ2n) is 2.71. The van der Waals surface area contributed by atoms with Crippen LogP contribution in [0.25, 0.3) is 0 Å². The zero-order valence-corrected chi connectivity index (χ0v) is 8.74. The van der Waals surface area contributed by atoms with Crippen molar-refractivity contribution in [1.82, 2.24) is 10.2 Å². The first-order chi connectivity index (χ1) is 7.60. The average molecular weight is 232 g/mol. The number of aromatic nitrogens is 2. The van der Waals surface area contributed by atoms with E-state index < -0.39 is 23.7 Å². The maximum atomic E-state index is 12.6. The lowest BCUT2D eigenvalue weighted by molar-refractivity contribution is 0.0505. The number of hydrogen-bond donors (Lipinski definition) is 0. The first-order valence-electron chi connectivity index (χ1n) is 4.47. The third kappa shape index (κ3) is 2.62. The highest BCUT2D eigenvalue weighted by Gasteiger charge is 2.22. The summed E-state index contributed by atoms with van der Waals surface area (Å²) < 4.78 is 34.4. The molecular weight excluding hydrogens is 222 g/mol. The molecule has 7 heteroatoms. The van der Waals surface area contributed by atoms with Gasteiger partial charge in [0, 0.05) is 6.07 Å². The van der Waals surface area contributed by atoms with E-state index in [4.69, 9.17) is 0 Å². The van der Waals surface area contributed by atoms with Crippen molar-refractivity contribution in [2.24, 2.45) is 0 Å². The smallest absolute Gasteiger partial charge is 0.359 e. The molecule has 0 N–H and O–H groups in total. The van der Waals surface area contributed by atoms with Crippen molar-refractivity contribution in [2.45, 2.75) is 13.3 Å². The second kappa shape index (κ2) is 5.34. The van der Waals surface area contributed by atoms with Gasteiger partial charge < -0.3 is 9.47 Å². The minimum Gasteiger partial charge on any atom is -0.480 e. The average Bonchev–Trinajstić information content (AvgIpc) is 2.28. The summed E-state index contributed by atoms with van der Waals surface area (Å²) in [6.07, 6.45) is -2.84. The molecule has 1 rings (SSSR count). The number of esters is 1. The Morgan fingerprint density at radius 3 is 2.69 bits per heavy atom. The summed E-state index contributed by atoms with van der Waals surface area (Å²) in [4.78, 5) is 11.3. The van der Waals surface area contributed by atoms with Crippen molar-refractivity contribution in [2.75, 3.05) is 13.7 Å². The maximum absolute atomic E-state index is 12.6. The molecule has 0 fully saturated rings. The zero-order chi connectivity index (χ0) is 12.1. The van der Waals surface area contributed by atoms with E-state index in [9.17, 15) is 13.6 Å². The van der Waals surface area contributed by atoms with E-state index in [-0.39, 0.29) is 12.5 Å². The largest absolute Gasteiger partial charge is 0.480 e. The Hall–Kier alpha value is -1.79. The van der Waals surface area contributed by atoms with Gasteiger partial charge >= 0.3 is 5.97 Å². The van der Waals surface area contributed by atoms with Crippen LogP contribution in [-0.4, -0.2) is 29.9 Å². The van der Waals surface area contributed by atoms with Crippen molar-refractivity contribution < 1.29 is 23.0 Å². The van der Waals surface area contributed by atoms with Gasteiger partial charge in [-0.1, -0.05) is 0 Å². The molecule has 1 aromatic heterocycles. The highest BCUT2D eigenvalue weighted by atomic mass is 19.3. The molecule has 16 heavy (non-hydrogen) atoms. The normalized spacial score (nSPS) is 10.3. The number of alkyl halides is 2. The fraction of sp³-hybridized carbons (Fsp3) is 0.444. The van der Waals surface area contributed by atoms with Gasteiger partial charge in [-0.05, 0) is 6.92 Å². The van der Waals surface area contributed by atoms with Gasteiger partial charge in [0.15, 0.2) is 5.69 Å². The van der Waals surface area contributed by atoms with Gasteiger partial charge in [-0.3, -0.25) is 0 Å². The Morgan fingerprint density at radius 1 is 1.50 bits per heavy atom. The molecule has 0 amide bonds.